The predicted octanol–water partition coefficient (Wildman–Crippen LogP) is 1.41. The molecule has 0 unspecified atom stereocenters. The van der Waals surface area contributed by atoms with Gasteiger partial charge in [-0.1, -0.05) is 30.3 Å². The number of hydrogen-bond acceptors (Lipinski definition) is 3. The van der Waals surface area contributed by atoms with E-state index in [1.165, 1.54) is 13.8 Å². The van der Waals surface area contributed by atoms with E-state index in [0.717, 1.165) is 0 Å². The first-order valence-corrected chi connectivity index (χ1v) is 6.47. The maximum Gasteiger partial charge on any atom is 0.217 e. The molecule has 86 valence electrons. The van der Waals surface area contributed by atoms with Crippen LogP contribution in [-0.2, 0) is 15.8 Å². The van der Waals surface area contributed by atoms with E-state index in [-0.39, 0.29) is 5.75 Å². The fraction of sp³-hybridized carbons (Fsp3) is 0.364. The van der Waals surface area contributed by atoms with Gasteiger partial charge in [0.1, 0.15) is 5.54 Å². The van der Waals surface area contributed by atoms with Gasteiger partial charge in [-0.3, -0.25) is 0 Å². The first-order valence-electron chi connectivity index (χ1n) is 4.81. The lowest BCUT2D eigenvalue weighted by Crippen LogP contribution is -2.42. The molecule has 0 spiro atoms. The van der Waals surface area contributed by atoms with Crippen LogP contribution in [-0.4, -0.2) is 14.0 Å². The summed E-state index contributed by atoms with van der Waals surface area (Å²) in [5, 5.41) is 8.75. The highest BCUT2D eigenvalue weighted by atomic mass is 32.2. The lowest BCUT2D eigenvalue weighted by Gasteiger charge is -2.17. The number of nitrogens with zero attached hydrogens (tertiary/aromatic N) is 1. The van der Waals surface area contributed by atoms with Crippen molar-refractivity contribution in [3.05, 3.63) is 35.9 Å². The van der Waals surface area contributed by atoms with Crippen molar-refractivity contribution in [1.82, 2.24) is 4.72 Å². The van der Waals surface area contributed by atoms with E-state index in [1.807, 2.05) is 12.1 Å². The second kappa shape index (κ2) is 4.64. The Morgan fingerprint density at radius 1 is 1.31 bits per heavy atom. The normalized spacial score (nSPS) is 12.1. The summed E-state index contributed by atoms with van der Waals surface area (Å²) < 4.78 is 25.8. The molecular weight excluding hydrogens is 224 g/mol. The zero-order valence-electron chi connectivity index (χ0n) is 9.27. The van der Waals surface area contributed by atoms with Crippen LogP contribution in [0.4, 0.5) is 0 Å². The Labute approximate surface area is 96.0 Å². The van der Waals surface area contributed by atoms with Crippen molar-refractivity contribution in [3.8, 4) is 6.07 Å². The summed E-state index contributed by atoms with van der Waals surface area (Å²) in [6.07, 6.45) is 0. The van der Waals surface area contributed by atoms with Gasteiger partial charge in [0.05, 0.1) is 11.8 Å². The molecule has 0 aromatic heterocycles. The first-order chi connectivity index (χ1) is 7.35. The lowest BCUT2D eigenvalue weighted by atomic mass is 10.1. The van der Waals surface area contributed by atoms with Gasteiger partial charge in [-0.25, -0.2) is 8.42 Å². The van der Waals surface area contributed by atoms with Gasteiger partial charge in [0.25, 0.3) is 0 Å². The van der Waals surface area contributed by atoms with Crippen LogP contribution in [0.25, 0.3) is 0 Å². The van der Waals surface area contributed by atoms with Crippen molar-refractivity contribution in [1.29, 1.82) is 5.26 Å². The zero-order chi connectivity index (χ0) is 12.2. The minimum atomic E-state index is -3.48. The molecule has 0 aliphatic heterocycles. The van der Waals surface area contributed by atoms with Crippen molar-refractivity contribution >= 4 is 10.0 Å². The number of nitrogens with one attached hydrogen (secondary N) is 1. The smallest absolute Gasteiger partial charge is 0.212 e. The van der Waals surface area contributed by atoms with E-state index in [2.05, 4.69) is 4.72 Å². The Morgan fingerprint density at radius 3 is 2.38 bits per heavy atom. The van der Waals surface area contributed by atoms with Crippen LogP contribution in [0, 0.1) is 11.3 Å². The number of benzene rings is 1. The third-order valence-corrected chi connectivity index (χ3v) is 3.42. The van der Waals surface area contributed by atoms with E-state index in [9.17, 15) is 8.42 Å². The third-order valence-electron chi connectivity index (χ3n) is 1.89. The molecule has 0 aliphatic carbocycles. The zero-order valence-corrected chi connectivity index (χ0v) is 10.1. The molecule has 0 amide bonds. The molecule has 1 aromatic rings. The Morgan fingerprint density at radius 2 is 1.88 bits per heavy atom. The Hall–Kier alpha value is -1.38. The van der Waals surface area contributed by atoms with Crippen LogP contribution >= 0.6 is 0 Å². The first kappa shape index (κ1) is 12.7. The van der Waals surface area contributed by atoms with E-state index in [1.54, 1.807) is 24.3 Å². The van der Waals surface area contributed by atoms with Crippen molar-refractivity contribution in [2.45, 2.75) is 25.1 Å². The summed E-state index contributed by atoms with van der Waals surface area (Å²) in [6.45, 7) is 3.05. The molecule has 1 N–H and O–H groups in total. The molecule has 0 fully saturated rings. The van der Waals surface area contributed by atoms with E-state index >= 15 is 0 Å². The summed E-state index contributed by atoms with van der Waals surface area (Å²) in [5.41, 5.74) is -0.378. The molecule has 5 heteroatoms. The second-order valence-electron chi connectivity index (χ2n) is 4.08. The molecule has 0 saturated carbocycles. The number of sulfonamides is 1. The van der Waals surface area contributed by atoms with Gasteiger partial charge in [0.15, 0.2) is 0 Å². The maximum absolute atomic E-state index is 11.7. The Kier molecular flexibility index (Phi) is 3.68. The van der Waals surface area contributed by atoms with Crippen LogP contribution in [0.1, 0.15) is 19.4 Å². The van der Waals surface area contributed by atoms with E-state index in [0.29, 0.717) is 5.56 Å². The van der Waals surface area contributed by atoms with Crippen molar-refractivity contribution in [3.63, 3.8) is 0 Å². The van der Waals surface area contributed by atoms with Gasteiger partial charge in [-0.15, -0.1) is 0 Å². The molecule has 0 heterocycles. The van der Waals surface area contributed by atoms with E-state index < -0.39 is 15.6 Å². The Bertz CT molecular complexity index is 486. The highest BCUT2D eigenvalue weighted by Gasteiger charge is 2.24. The number of nitriles is 1. The summed E-state index contributed by atoms with van der Waals surface area (Å²) in [5.74, 6) is -0.112. The molecular formula is C11H14N2O2S. The molecule has 0 atom stereocenters. The standard InChI is InChI=1S/C11H14N2O2S/c1-11(2,9-12)13-16(14,15)8-10-6-4-3-5-7-10/h3-7,13H,8H2,1-2H3. The van der Waals surface area contributed by atoms with Crippen molar-refractivity contribution in [2.24, 2.45) is 0 Å². The van der Waals surface area contributed by atoms with Gasteiger partial charge in [0.2, 0.25) is 10.0 Å². The molecule has 0 saturated heterocycles. The van der Waals surface area contributed by atoms with Crippen LogP contribution in [0.2, 0.25) is 0 Å². The van der Waals surface area contributed by atoms with Crippen LogP contribution in [0.3, 0.4) is 0 Å². The third kappa shape index (κ3) is 4.01. The highest BCUT2D eigenvalue weighted by Crippen LogP contribution is 2.08. The summed E-state index contributed by atoms with van der Waals surface area (Å²) in [4.78, 5) is 0. The number of rotatable bonds is 4. The summed E-state index contributed by atoms with van der Waals surface area (Å²) >= 11 is 0. The monoisotopic (exact) mass is 238 g/mol. The minimum absolute atomic E-state index is 0.112. The van der Waals surface area contributed by atoms with Crippen LogP contribution in [0.15, 0.2) is 30.3 Å². The average molecular weight is 238 g/mol. The summed E-state index contributed by atoms with van der Waals surface area (Å²) in [6, 6.07) is 10.7. The molecule has 1 rings (SSSR count). The maximum atomic E-state index is 11.7. The minimum Gasteiger partial charge on any atom is -0.212 e. The molecule has 1 aromatic carbocycles. The molecule has 4 nitrogen and oxygen atoms in total. The van der Waals surface area contributed by atoms with Gasteiger partial charge in [0, 0.05) is 0 Å². The van der Waals surface area contributed by atoms with Crippen LogP contribution < -0.4 is 4.72 Å². The fourth-order valence-corrected chi connectivity index (χ4v) is 2.77. The quantitative estimate of drug-likeness (QED) is 0.862. The average Bonchev–Trinajstić information content (AvgIpc) is 2.17. The van der Waals surface area contributed by atoms with Crippen molar-refractivity contribution < 1.29 is 8.42 Å². The predicted molar refractivity (Wildman–Crippen MR) is 61.9 cm³/mol. The number of hydrogen-bond donors (Lipinski definition) is 1. The van der Waals surface area contributed by atoms with Gasteiger partial charge >= 0.3 is 0 Å². The fourth-order valence-electron chi connectivity index (χ4n) is 1.24. The highest BCUT2D eigenvalue weighted by molar-refractivity contribution is 7.88. The van der Waals surface area contributed by atoms with Crippen molar-refractivity contribution in [2.75, 3.05) is 0 Å². The molecule has 0 bridgehead atoms. The topological polar surface area (TPSA) is 70.0 Å². The molecule has 0 aliphatic rings. The van der Waals surface area contributed by atoms with Gasteiger partial charge < -0.3 is 0 Å². The SMILES string of the molecule is CC(C)(C#N)NS(=O)(=O)Cc1ccccc1. The second-order valence-corrected chi connectivity index (χ2v) is 5.81. The van der Waals surface area contributed by atoms with Gasteiger partial charge in [-0.05, 0) is 19.4 Å². The van der Waals surface area contributed by atoms with E-state index in [4.69, 9.17) is 5.26 Å². The largest absolute Gasteiger partial charge is 0.217 e. The lowest BCUT2D eigenvalue weighted by molar-refractivity contribution is 0.535. The van der Waals surface area contributed by atoms with Crippen LogP contribution in [0.5, 0.6) is 0 Å². The molecule has 16 heavy (non-hydrogen) atoms. The van der Waals surface area contributed by atoms with Gasteiger partial charge in [-0.2, -0.15) is 9.98 Å². The Balaban J connectivity index is 2.79. The molecule has 0 radical (unpaired) electrons. The summed E-state index contributed by atoms with van der Waals surface area (Å²) in [7, 11) is -3.48.